The van der Waals surface area contributed by atoms with Gasteiger partial charge in [-0.3, -0.25) is 4.90 Å². The van der Waals surface area contributed by atoms with Crippen molar-refractivity contribution in [3.8, 4) is 0 Å². The van der Waals surface area contributed by atoms with Crippen molar-refractivity contribution in [1.82, 2.24) is 9.80 Å². The van der Waals surface area contributed by atoms with Crippen LogP contribution in [-0.2, 0) is 14.4 Å². The van der Waals surface area contributed by atoms with Gasteiger partial charge in [-0.15, -0.1) is 0 Å². The highest BCUT2D eigenvalue weighted by Gasteiger charge is 2.30. The first-order chi connectivity index (χ1) is 10.1. The van der Waals surface area contributed by atoms with E-state index in [1.165, 1.54) is 6.92 Å². The van der Waals surface area contributed by atoms with Crippen LogP contribution in [-0.4, -0.2) is 65.5 Å². The lowest BCUT2D eigenvalue weighted by Gasteiger charge is -2.40. The van der Waals surface area contributed by atoms with E-state index in [0.29, 0.717) is 26.2 Å². The fourth-order valence-electron chi connectivity index (χ4n) is 2.15. The van der Waals surface area contributed by atoms with Crippen LogP contribution in [0.4, 0.5) is 4.79 Å². The van der Waals surface area contributed by atoms with Crippen molar-refractivity contribution in [2.45, 2.75) is 46.3 Å². The fraction of sp³-hybridized carbons (Fsp3) is 0.786. The van der Waals surface area contributed by atoms with Gasteiger partial charge in [0.05, 0.1) is 6.54 Å². The number of ether oxygens (including phenoxy) is 1. The van der Waals surface area contributed by atoms with Crippen LogP contribution < -0.4 is 5.73 Å². The quantitative estimate of drug-likeness (QED) is 0.357. The minimum absolute atomic E-state index is 0.00475. The number of oxime groups is 1. The number of amidine groups is 1. The smallest absolute Gasteiger partial charge is 0.410 e. The normalized spacial score (nSPS) is 20.7. The molecule has 0 aromatic carbocycles. The second kappa shape index (κ2) is 7.44. The number of nitrogens with two attached hydrogens (primary N) is 1. The molecule has 1 fully saturated rings. The molecule has 0 saturated carbocycles. The Morgan fingerprint density at radius 3 is 2.45 bits per heavy atom. The van der Waals surface area contributed by atoms with Gasteiger partial charge in [-0.2, -0.15) is 0 Å². The highest BCUT2D eigenvalue weighted by molar-refractivity contribution is 5.82. The molecule has 0 aliphatic carbocycles. The number of hydrogen-bond acceptors (Lipinski definition) is 6. The average molecular weight is 314 g/mol. The van der Waals surface area contributed by atoms with Gasteiger partial charge in [-0.05, 0) is 27.7 Å². The van der Waals surface area contributed by atoms with E-state index in [9.17, 15) is 9.59 Å². The Labute approximate surface area is 131 Å². The van der Waals surface area contributed by atoms with Crippen molar-refractivity contribution in [3.05, 3.63) is 0 Å². The minimum atomic E-state index is -0.508. The van der Waals surface area contributed by atoms with Gasteiger partial charge in [-0.1, -0.05) is 5.16 Å². The number of piperazine rings is 1. The molecule has 0 radical (unpaired) electrons. The van der Waals surface area contributed by atoms with Crippen molar-refractivity contribution >= 4 is 17.9 Å². The molecule has 0 unspecified atom stereocenters. The monoisotopic (exact) mass is 314 g/mol. The van der Waals surface area contributed by atoms with Gasteiger partial charge < -0.3 is 20.2 Å². The number of nitrogens with zero attached hydrogens (tertiary/aromatic N) is 3. The molecule has 1 aliphatic rings. The Bertz CT molecular complexity index is 445. The largest absolute Gasteiger partial charge is 0.444 e. The molecule has 126 valence electrons. The van der Waals surface area contributed by atoms with Crippen LogP contribution in [0.1, 0.15) is 34.6 Å². The first kappa shape index (κ1) is 18.2. The molecule has 1 amide bonds. The number of carbonyl (C=O) groups is 2. The Morgan fingerprint density at radius 2 is 1.95 bits per heavy atom. The van der Waals surface area contributed by atoms with Crippen LogP contribution in [0.15, 0.2) is 5.16 Å². The van der Waals surface area contributed by atoms with E-state index in [4.69, 9.17) is 10.5 Å². The molecule has 0 spiro atoms. The lowest BCUT2D eigenvalue weighted by molar-refractivity contribution is -0.141. The van der Waals surface area contributed by atoms with Crippen molar-refractivity contribution in [1.29, 1.82) is 0 Å². The maximum Gasteiger partial charge on any atom is 0.410 e. The van der Waals surface area contributed by atoms with E-state index >= 15 is 0 Å². The van der Waals surface area contributed by atoms with Crippen LogP contribution in [0.3, 0.4) is 0 Å². The third-order valence-electron chi connectivity index (χ3n) is 3.02. The topological polar surface area (TPSA) is 97.5 Å². The molecule has 8 nitrogen and oxygen atoms in total. The zero-order valence-corrected chi connectivity index (χ0v) is 14.0. The second-order valence-corrected chi connectivity index (χ2v) is 6.42. The van der Waals surface area contributed by atoms with Crippen molar-refractivity contribution in [2.24, 2.45) is 10.9 Å². The van der Waals surface area contributed by atoms with Crippen LogP contribution in [0.2, 0.25) is 0 Å². The van der Waals surface area contributed by atoms with Gasteiger partial charge >= 0.3 is 12.1 Å². The number of amides is 1. The molecule has 1 rings (SSSR count). The first-order valence-electron chi connectivity index (χ1n) is 7.30. The van der Waals surface area contributed by atoms with E-state index in [-0.39, 0.29) is 18.0 Å². The van der Waals surface area contributed by atoms with Gasteiger partial charge in [0, 0.05) is 32.6 Å². The molecule has 0 bridgehead atoms. The summed E-state index contributed by atoms with van der Waals surface area (Å²) in [6, 6.07) is 0.00475. The lowest BCUT2D eigenvalue weighted by Crippen LogP contribution is -2.56. The van der Waals surface area contributed by atoms with Crippen LogP contribution in [0.5, 0.6) is 0 Å². The number of carbonyl (C=O) groups excluding carboxylic acids is 2. The summed E-state index contributed by atoms with van der Waals surface area (Å²) >= 11 is 0. The zero-order chi connectivity index (χ0) is 16.9. The average Bonchev–Trinajstić information content (AvgIpc) is 2.34. The molecule has 8 heteroatoms. The molecule has 1 aliphatic heterocycles. The first-order valence-corrected chi connectivity index (χ1v) is 7.30. The summed E-state index contributed by atoms with van der Waals surface area (Å²) in [5.74, 6) is -0.279. The van der Waals surface area contributed by atoms with Crippen LogP contribution >= 0.6 is 0 Å². The summed E-state index contributed by atoms with van der Waals surface area (Å²) in [5.41, 5.74) is 5.20. The molecule has 0 aromatic heterocycles. The molecule has 2 N–H and O–H groups in total. The van der Waals surface area contributed by atoms with E-state index < -0.39 is 11.6 Å². The fourth-order valence-corrected chi connectivity index (χ4v) is 2.15. The molecule has 1 atom stereocenters. The van der Waals surface area contributed by atoms with Crippen molar-refractivity contribution in [2.75, 3.05) is 26.2 Å². The van der Waals surface area contributed by atoms with Crippen LogP contribution in [0, 0.1) is 0 Å². The Balaban J connectivity index is 2.50. The zero-order valence-electron chi connectivity index (χ0n) is 14.0. The summed E-state index contributed by atoms with van der Waals surface area (Å²) in [6.45, 7) is 11.0. The third kappa shape index (κ3) is 6.30. The Hall–Kier alpha value is -1.83. The summed E-state index contributed by atoms with van der Waals surface area (Å²) in [7, 11) is 0. The third-order valence-corrected chi connectivity index (χ3v) is 3.02. The van der Waals surface area contributed by atoms with Gasteiger partial charge in [0.1, 0.15) is 5.60 Å². The standard InChI is InChI=1S/C14H26N4O4/c1-10-8-17(9-12(15)16-22-11(2)19)6-7-18(10)13(20)21-14(3,4)5/h10H,6-9H2,1-5H3,(H2,15,16)/t10-/m1/s1. The van der Waals surface area contributed by atoms with Gasteiger partial charge in [0.25, 0.3) is 0 Å². The Morgan fingerprint density at radius 1 is 1.32 bits per heavy atom. The van der Waals surface area contributed by atoms with E-state index in [2.05, 4.69) is 9.99 Å². The van der Waals surface area contributed by atoms with Gasteiger partial charge in [0.15, 0.2) is 5.84 Å². The summed E-state index contributed by atoms with van der Waals surface area (Å²) in [4.78, 5) is 31.0. The van der Waals surface area contributed by atoms with E-state index in [1.807, 2.05) is 32.6 Å². The molecule has 0 aromatic rings. The predicted octanol–water partition coefficient (Wildman–Crippen LogP) is 0.763. The maximum atomic E-state index is 12.1. The summed E-state index contributed by atoms with van der Waals surface area (Å²) < 4.78 is 5.39. The van der Waals surface area contributed by atoms with Gasteiger partial charge in [-0.25, -0.2) is 9.59 Å². The minimum Gasteiger partial charge on any atom is -0.444 e. The van der Waals surface area contributed by atoms with Crippen molar-refractivity contribution < 1.29 is 19.2 Å². The van der Waals surface area contributed by atoms with Crippen LogP contribution in [0.25, 0.3) is 0 Å². The second-order valence-electron chi connectivity index (χ2n) is 6.42. The lowest BCUT2D eigenvalue weighted by atomic mass is 10.2. The predicted molar refractivity (Wildman–Crippen MR) is 82.2 cm³/mol. The molecule has 1 saturated heterocycles. The van der Waals surface area contributed by atoms with E-state index in [0.717, 1.165) is 0 Å². The Kier molecular flexibility index (Phi) is 6.16. The molecular formula is C14H26N4O4. The molecule has 22 heavy (non-hydrogen) atoms. The van der Waals surface area contributed by atoms with Crippen molar-refractivity contribution in [3.63, 3.8) is 0 Å². The summed E-state index contributed by atoms with van der Waals surface area (Å²) in [5, 5.41) is 3.54. The number of hydrogen-bond donors (Lipinski definition) is 1. The summed E-state index contributed by atoms with van der Waals surface area (Å²) in [6.07, 6.45) is -0.304. The maximum absolute atomic E-state index is 12.1. The molecule has 1 heterocycles. The van der Waals surface area contributed by atoms with Gasteiger partial charge in [0.2, 0.25) is 0 Å². The highest BCUT2D eigenvalue weighted by Crippen LogP contribution is 2.15. The highest BCUT2D eigenvalue weighted by atomic mass is 16.7. The van der Waals surface area contributed by atoms with E-state index in [1.54, 1.807) is 4.90 Å². The SMILES string of the molecule is CC(=O)O/N=C(\N)CN1CCN(C(=O)OC(C)(C)C)[C@H](C)C1. The number of rotatable bonds is 3. The molecular weight excluding hydrogens is 288 g/mol.